The number of likely N-dealkylation sites (tertiary alicyclic amines) is 1. The summed E-state index contributed by atoms with van der Waals surface area (Å²) >= 11 is 0. The van der Waals surface area contributed by atoms with Gasteiger partial charge in [0.05, 0.1) is 12.5 Å². The molecular weight excluding hydrogens is 330 g/mol. The van der Waals surface area contributed by atoms with Crippen LogP contribution in [0.2, 0.25) is 0 Å². The average Bonchev–Trinajstić information content (AvgIpc) is 3.13. The minimum atomic E-state index is -0.862. The van der Waals surface area contributed by atoms with Gasteiger partial charge >= 0.3 is 5.97 Å². The molecule has 2 aliphatic heterocycles. The van der Waals surface area contributed by atoms with Gasteiger partial charge in [-0.1, -0.05) is 54.6 Å². The third kappa shape index (κ3) is 2.99. The highest BCUT2D eigenvalue weighted by molar-refractivity contribution is 5.85. The van der Waals surface area contributed by atoms with Crippen LogP contribution >= 0.6 is 0 Å². The first-order valence-electron chi connectivity index (χ1n) is 8.91. The first kappa shape index (κ1) is 16.8. The van der Waals surface area contributed by atoms with Gasteiger partial charge < -0.3 is 14.7 Å². The minimum absolute atomic E-state index is 0.137. The number of ether oxygens (including phenoxy) is 1. The first-order valence-corrected chi connectivity index (χ1v) is 8.91. The van der Waals surface area contributed by atoms with E-state index < -0.39 is 18.0 Å². The van der Waals surface area contributed by atoms with E-state index >= 15 is 0 Å². The molecule has 4 rings (SSSR count). The van der Waals surface area contributed by atoms with E-state index in [1.807, 2.05) is 54.6 Å². The van der Waals surface area contributed by atoms with Gasteiger partial charge in [-0.05, 0) is 23.1 Å². The average molecular weight is 351 g/mol. The number of nitrogens with zero attached hydrogens (tertiary/aromatic N) is 1. The molecule has 0 radical (unpaired) electrons. The molecule has 2 heterocycles. The van der Waals surface area contributed by atoms with Gasteiger partial charge in [0.25, 0.3) is 5.91 Å². The van der Waals surface area contributed by atoms with Gasteiger partial charge in [-0.3, -0.25) is 9.59 Å². The van der Waals surface area contributed by atoms with Crippen molar-refractivity contribution in [1.82, 2.24) is 4.90 Å². The smallest absolute Gasteiger partial charge is 0.308 e. The molecule has 134 valence electrons. The van der Waals surface area contributed by atoms with Crippen molar-refractivity contribution in [3.63, 3.8) is 0 Å². The van der Waals surface area contributed by atoms with Crippen molar-refractivity contribution in [2.75, 3.05) is 19.7 Å². The van der Waals surface area contributed by atoms with Crippen LogP contribution < -0.4 is 0 Å². The lowest BCUT2D eigenvalue weighted by molar-refractivity contribution is -0.145. The molecule has 0 spiro atoms. The summed E-state index contributed by atoms with van der Waals surface area (Å²) in [5, 5.41) is 9.64. The fraction of sp³-hybridized carbons (Fsp3) is 0.333. The summed E-state index contributed by atoms with van der Waals surface area (Å²) in [6, 6.07) is 17.4. The number of rotatable bonds is 3. The Bertz CT molecular complexity index is 820. The lowest BCUT2D eigenvalue weighted by Gasteiger charge is -2.28. The van der Waals surface area contributed by atoms with Crippen molar-refractivity contribution in [2.45, 2.75) is 18.4 Å². The molecule has 1 fully saturated rings. The maximum absolute atomic E-state index is 13.1. The Hall–Kier alpha value is -2.66. The van der Waals surface area contributed by atoms with Crippen LogP contribution in [0.4, 0.5) is 0 Å². The molecule has 0 saturated carbocycles. The van der Waals surface area contributed by atoms with E-state index in [9.17, 15) is 14.7 Å². The number of hydrogen-bond donors (Lipinski definition) is 1. The summed E-state index contributed by atoms with van der Waals surface area (Å²) < 4.78 is 5.78. The number of carboxylic acids is 1. The third-order valence-electron chi connectivity index (χ3n) is 5.39. The van der Waals surface area contributed by atoms with Gasteiger partial charge in [0.15, 0.2) is 6.10 Å². The van der Waals surface area contributed by atoms with Gasteiger partial charge in [-0.2, -0.15) is 0 Å². The lowest BCUT2D eigenvalue weighted by Crippen LogP contribution is -2.37. The van der Waals surface area contributed by atoms with E-state index in [0.29, 0.717) is 13.2 Å². The quantitative estimate of drug-likeness (QED) is 0.923. The number of benzene rings is 2. The number of amides is 1. The molecule has 0 aliphatic carbocycles. The number of carboxylic acid groups (broad SMARTS) is 1. The topological polar surface area (TPSA) is 66.8 Å². The zero-order valence-electron chi connectivity index (χ0n) is 14.4. The Kier molecular flexibility index (Phi) is 4.47. The lowest BCUT2D eigenvalue weighted by atomic mass is 9.89. The van der Waals surface area contributed by atoms with Crippen LogP contribution in [0.5, 0.6) is 0 Å². The van der Waals surface area contributed by atoms with E-state index in [1.165, 1.54) is 0 Å². The first-order chi connectivity index (χ1) is 12.6. The normalized spacial score (nSPS) is 24.9. The highest BCUT2D eigenvalue weighted by atomic mass is 16.5. The van der Waals surface area contributed by atoms with Crippen LogP contribution in [-0.2, 0) is 20.7 Å². The Morgan fingerprint density at radius 3 is 2.50 bits per heavy atom. The molecule has 0 aromatic heterocycles. The highest BCUT2D eigenvalue weighted by Gasteiger charge is 2.43. The molecule has 1 saturated heterocycles. The molecule has 2 aromatic rings. The molecule has 2 aromatic carbocycles. The zero-order chi connectivity index (χ0) is 18.1. The third-order valence-corrected chi connectivity index (χ3v) is 5.39. The number of hydrogen-bond acceptors (Lipinski definition) is 3. The maximum atomic E-state index is 13.1. The molecule has 1 amide bonds. The van der Waals surface area contributed by atoms with Gasteiger partial charge in [0, 0.05) is 19.0 Å². The van der Waals surface area contributed by atoms with E-state index in [-0.39, 0.29) is 18.4 Å². The molecule has 3 atom stereocenters. The molecule has 5 heteroatoms. The van der Waals surface area contributed by atoms with Crippen molar-refractivity contribution in [3.8, 4) is 0 Å². The zero-order valence-corrected chi connectivity index (χ0v) is 14.4. The summed E-state index contributed by atoms with van der Waals surface area (Å²) in [5.74, 6) is -1.79. The Morgan fingerprint density at radius 2 is 1.73 bits per heavy atom. The van der Waals surface area contributed by atoms with Gasteiger partial charge in [0.1, 0.15) is 0 Å². The Balaban J connectivity index is 1.59. The fourth-order valence-electron chi connectivity index (χ4n) is 4.04. The summed E-state index contributed by atoms with van der Waals surface area (Å²) in [7, 11) is 0. The summed E-state index contributed by atoms with van der Waals surface area (Å²) in [4.78, 5) is 26.5. The molecule has 0 bridgehead atoms. The van der Waals surface area contributed by atoms with Crippen LogP contribution in [0.25, 0.3) is 0 Å². The molecule has 5 nitrogen and oxygen atoms in total. The predicted octanol–water partition coefficient (Wildman–Crippen LogP) is 2.63. The van der Waals surface area contributed by atoms with Crippen molar-refractivity contribution in [2.24, 2.45) is 5.92 Å². The second-order valence-electron chi connectivity index (χ2n) is 6.90. The van der Waals surface area contributed by atoms with Crippen LogP contribution in [0, 0.1) is 5.92 Å². The second-order valence-corrected chi connectivity index (χ2v) is 6.90. The van der Waals surface area contributed by atoms with Crippen molar-refractivity contribution >= 4 is 11.9 Å². The molecular formula is C21H21NO4. The summed E-state index contributed by atoms with van der Waals surface area (Å²) in [6.07, 6.45) is 0.161. The second kappa shape index (κ2) is 6.92. The monoisotopic (exact) mass is 351 g/mol. The largest absolute Gasteiger partial charge is 0.481 e. The van der Waals surface area contributed by atoms with Gasteiger partial charge in [0.2, 0.25) is 0 Å². The van der Waals surface area contributed by atoms with Crippen molar-refractivity contribution in [3.05, 3.63) is 71.3 Å². The van der Waals surface area contributed by atoms with Crippen LogP contribution in [-0.4, -0.2) is 41.6 Å². The van der Waals surface area contributed by atoms with Gasteiger partial charge in [-0.25, -0.2) is 0 Å². The van der Waals surface area contributed by atoms with Crippen LogP contribution in [0.1, 0.15) is 28.7 Å². The molecule has 2 aliphatic rings. The number of carbonyl (C=O) groups excluding carboxylic acids is 1. The highest BCUT2D eigenvalue weighted by Crippen LogP contribution is 2.36. The van der Waals surface area contributed by atoms with E-state index in [1.54, 1.807) is 4.90 Å². The molecule has 1 unspecified atom stereocenters. The maximum Gasteiger partial charge on any atom is 0.308 e. The molecule has 1 N–H and O–H groups in total. The number of carbonyl (C=O) groups is 2. The fourth-order valence-corrected chi connectivity index (χ4v) is 4.04. The van der Waals surface area contributed by atoms with Crippen LogP contribution in [0.15, 0.2) is 54.6 Å². The van der Waals surface area contributed by atoms with Crippen LogP contribution in [0.3, 0.4) is 0 Å². The summed E-state index contributed by atoms with van der Waals surface area (Å²) in [5.41, 5.74) is 2.99. The molecule has 26 heavy (non-hydrogen) atoms. The summed E-state index contributed by atoms with van der Waals surface area (Å²) in [6.45, 7) is 1.13. The Labute approximate surface area is 152 Å². The SMILES string of the molecule is O=C(O)[C@@H]1CN(C(=O)C2OCCc3ccccc32)C[C@@H]1c1ccccc1. The van der Waals surface area contributed by atoms with Gasteiger partial charge in [-0.15, -0.1) is 0 Å². The van der Waals surface area contributed by atoms with E-state index in [0.717, 1.165) is 23.1 Å². The number of aliphatic carboxylic acids is 1. The van der Waals surface area contributed by atoms with E-state index in [4.69, 9.17) is 4.74 Å². The minimum Gasteiger partial charge on any atom is -0.481 e. The van der Waals surface area contributed by atoms with Crippen molar-refractivity contribution < 1.29 is 19.4 Å². The van der Waals surface area contributed by atoms with E-state index in [2.05, 4.69) is 0 Å². The van der Waals surface area contributed by atoms with Crippen molar-refractivity contribution in [1.29, 1.82) is 0 Å². The predicted molar refractivity (Wildman–Crippen MR) is 95.7 cm³/mol. The number of fused-ring (bicyclic) bond motifs is 1. The Morgan fingerprint density at radius 1 is 1.00 bits per heavy atom. The standard InChI is InChI=1S/C21H21NO4/c23-20(19-16-9-5-4-8-15(16)10-11-26-19)22-12-17(18(13-22)21(24)25)14-6-2-1-3-7-14/h1-9,17-19H,10-13H2,(H,24,25)/t17-,18-,19?/m1/s1.